The van der Waals surface area contributed by atoms with Crippen LogP contribution in [0.4, 0.5) is 0 Å². The van der Waals surface area contributed by atoms with Gasteiger partial charge in [0.1, 0.15) is 0 Å². The van der Waals surface area contributed by atoms with Gasteiger partial charge in [-0.15, -0.1) is 0 Å². The zero-order chi connectivity index (χ0) is 23.2. The monoisotopic (exact) mass is 452 g/mol. The molecule has 4 nitrogen and oxygen atoms in total. The average Bonchev–Trinajstić information content (AvgIpc) is 3.26. The molecule has 0 N–H and O–H groups in total. The number of morpholine rings is 1. The molecule has 1 saturated heterocycles. The van der Waals surface area contributed by atoms with Crippen molar-refractivity contribution in [3.8, 4) is 0 Å². The molecule has 174 valence electrons. The molecule has 1 aliphatic heterocycles. The van der Waals surface area contributed by atoms with Crippen LogP contribution in [0.3, 0.4) is 0 Å². The van der Waals surface area contributed by atoms with Gasteiger partial charge in [0.05, 0.1) is 13.2 Å². The number of para-hydroxylation sites is 1. The first kappa shape index (κ1) is 22.4. The van der Waals surface area contributed by atoms with E-state index < -0.39 is 0 Å². The maximum absolute atomic E-state index is 13.3. The van der Waals surface area contributed by atoms with Gasteiger partial charge in [0.15, 0.2) is 0 Å². The van der Waals surface area contributed by atoms with E-state index in [1.54, 1.807) is 0 Å². The molecule has 3 aromatic carbocycles. The number of aromatic nitrogens is 1. The third kappa shape index (κ3) is 5.23. The fourth-order valence-corrected chi connectivity index (χ4v) is 5.02. The molecule has 1 amide bonds. The quantitative estimate of drug-likeness (QED) is 0.346. The van der Waals surface area contributed by atoms with E-state index >= 15 is 0 Å². The van der Waals surface area contributed by atoms with E-state index in [0.717, 1.165) is 19.4 Å². The minimum Gasteiger partial charge on any atom is -0.378 e. The summed E-state index contributed by atoms with van der Waals surface area (Å²) in [6.45, 7) is 3.48. The Hall–Kier alpha value is -3.37. The smallest absolute Gasteiger partial charge is 0.223 e. The lowest BCUT2D eigenvalue weighted by molar-refractivity contribution is -0.135. The highest BCUT2D eigenvalue weighted by molar-refractivity contribution is 5.86. The van der Waals surface area contributed by atoms with Gasteiger partial charge in [-0.3, -0.25) is 4.79 Å². The van der Waals surface area contributed by atoms with E-state index in [1.165, 1.54) is 27.6 Å². The Bertz CT molecular complexity index is 1210. The molecule has 0 radical (unpaired) electrons. The summed E-state index contributed by atoms with van der Waals surface area (Å²) in [5, 5.41) is 1.26. The van der Waals surface area contributed by atoms with Crippen LogP contribution in [0, 0.1) is 0 Å². The summed E-state index contributed by atoms with van der Waals surface area (Å²) < 4.78 is 7.81. The fraction of sp³-hybridized carbons (Fsp3) is 0.300. The van der Waals surface area contributed by atoms with Crippen LogP contribution in [0.5, 0.6) is 0 Å². The Morgan fingerprint density at radius 3 is 2.21 bits per heavy atom. The molecule has 4 aromatic rings. The first-order chi connectivity index (χ1) is 16.8. The second-order valence-corrected chi connectivity index (χ2v) is 9.13. The lowest BCUT2D eigenvalue weighted by Gasteiger charge is -2.28. The Balaban J connectivity index is 1.46. The molecule has 0 bridgehead atoms. The van der Waals surface area contributed by atoms with Crippen LogP contribution in [0.25, 0.3) is 10.9 Å². The van der Waals surface area contributed by atoms with E-state index in [0.29, 0.717) is 32.7 Å². The van der Waals surface area contributed by atoms with Crippen LogP contribution in [0.2, 0.25) is 0 Å². The fourth-order valence-electron chi connectivity index (χ4n) is 5.02. The molecule has 0 unspecified atom stereocenters. The first-order valence-corrected chi connectivity index (χ1v) is 12.3. The van der Waals surface area contributed by atoms with Crippen LogP contribution in [0.1, 0.15) is 35.4 Å². The Morgan fingerprint density at radius 2 is 1.47 bits per heavy atom. The number of nitrogens with zero attached hydrogens (tertiary/aromatic N) is 2. The molecule has 0 aliphatic carbocycles. The third-order valence-corrected chi connectivity index (χ3v) is 6.86. The summed E-state index contributed by atoms with van der Waals surface area (Å²) in [5.41, 5.74) is 5.10. The van der Waals surface area contributed by atoms with Gasteiger partial charge in [0.25, 0.3) is 0 Å². The summed E-state index contributed by atoms with van der Waals surface area (Å²) in [4.78, 5) is 15.3. The topological polar surface area (TPSA) is 34.5 Å². The number of carbonyl (C=O) groups excluding carboxylic acids is 1. The Kier molecular flexibility index (Phi) is 7.06. The molecule has 34 heavy (non-hydrogen) atoms. The van der Waals surface area contributed by atoms with Crippen molar-refractivity contribution in [1.29, 1.82) is 0 Å². The molecule has 1 atom stereocenters. The highest BCUT2D eigenvalue weighted by Gasteiger charge is 2.25. The summed E-state index contributed by atoms with van der Waals surface area (Å²) in [7, 11) is 0. The van der Waals surface area contributed by atoms with Crippen molar-refractivity contribution in [3.05, 3.63) is 108 Å². The summed E-state index contributed by atoms with van der Waals surface area (Å²) >= 11 is 0. The number of carbonyl (C=O) groups is 1. The first-order valence-electron chi connectivity index (χ1n) is 12.3. The maximum atomic E-state index is 13.3. The largest absolute Gasteiger partial charge is 0.378 e. The van der Waals surface area contributed by atoms with E-state index in [1.807, 2.05) is 4.90 Å². The van der Waals surface area contributed by atoms with E-state index in [4.69, 9.17) is 4.74 Å². The van der Waals surface area contributed by atoms with E-state index in [-0.39, 0.29) is 11.8 Å². The normalized spacial score (nSPS) is 14.9. The van der Waals surface area contributed by atoms with Gasteiger partial charge in [-0.1, -0.05) is 78.9 Å². The molecular formula is C30H32N2O2. The molecule has 0 spiro atoms. The van der Waals surface area contributed by atoms with Crippen molar-refractivity contribution in [2.45, 2.75) is 31.7 Å². The predicted octanol–water partition coefficient (Wildman–Crippen LogP) is 5.65. The zero-order valence-electron chi connectivity index (χ0n) is 19.6. The second-order valence-electron chi connectivity index (χ2n) is 9.13. The highest BCUT2D eigenvalue weighted by Crippen LogP contribution is 2.34. The van der Waals surface area contributed by atoms with Gasteiger partial charge in [-0.25, -0.2) is 0 Å². The second kappa shape index (κ2) is 10.7. The summed E-state index contributed by atoms with van der Waals surface area (Å²) in [6, 6.07) is 29.8. The van der Waals surface area contributed by atoms with E-state index in [2.05, 4.69) is 95.7 Å². The molecule has 1 aromatic heterocycles. The van der Waals surface area contributed by atoms with Gasteiger partial charge < -0.3 is 14.2 Å². The standard InChI is InChI=1S/C30H32N2O2/c33-30(31-17-19-34-20-18-31)21-26(16-15-24-9-3-1-4-10-24)28-23-32(22-25-11-5-2-6-12-25)29-14-8-7-13-27(28)29/h1-14,23,26H,15-22H2/t26-/m0/s1. The molecule has 1 fully saturated rings. The highest BCUT2D eigenvalue weighted by atomic mass is 16.5. The van der Waals surface area contributed by atoms with Crippen LogP contribution in [0.15, 0.2) is 91.1 Å². The summed E-state index contributed by atoms with van der Waals surface area (Å²) in [6.07, 6.45) is 4.73. The molecule has 2 heterocycles. The number of ether oxygens (including phenoxy) is 1. The number of aryl methyl sites for hydroxylation is 1. The average molecular weight is 453 g/mol. The molecular weight excluding hydrogens is 420 g/mol. The predicted molar refractivity (Wildman–Crippen MR) is 137 cm³/mol. The molecule has 4 heteroatoms. The van der Waals surface area contributed by atoms with Gasteiger partial charge in [0, 0.05) is 43.2 Å². The van der Waals surface area contributed by atoms with Crippen LogP contribution in [-0.2, 0) is 22.5 Å². The molecule has 5 rings (SSSR count). The van der Waals surface area contributed by atoms with Crippen molar-refractivity contribution in [2.24, 2.45) is 0 Å². The number of fused-ring (bicyclic) bond motifs is 1. The number of amides is 1. The van der Waals surface area contributed by atoms with Gasteiger partial charge in [-0.2, -0.15) is 0 Å². The van der Waals surface area contributed by atoms with Crippen molar-refractivity contribution in [3.63, 3.8) is 0 Å². The van der Waals surface area contributed by atoms with Crippen LogP contribution < -0.4 is 0 Å². The van der Waals surface area contributed by atoms with E-state index in [9.17, 15) is 4.79 Å². The third-order valence-electron chi connectivity index (χ3n) is 6.86. The lowest BCUT2D eigenvalue weighted by atomic mass is 9.89. The van der Waals surface area contributed by atoms with Crippen LogP contribution >= 0.6 is 0 Å². The van der Waals surface area contributed by atoms with Crippen molar-refractivity contribution < 1.29 is 9.53 Å². The van der Waals surface area contributed by atoms with Crippen molar-refractivity contribution in [1.82, 2.24) is 9.47 Å². The van der Waals surface area contributed by atoms with Gasteiger partial charge in [-0.05, 0) is 41.5 Å². The zero-order valence-corrected chi connectivity index (χ0v) is 19.6. The lowest BCUT2D eigenvalue weighted by Crippen LogP contribution is -2.41. The van der Waals surface area contributed by atoms with Crippen molar-refractivity contribution in [2.75, 3.05) is 26.3 Å². The number of benzene rings is 3. The minimum atomic E-state index is 0.164. The Labute approximate surface area is 201 Å². The SMILES string of the molecule is O=C(C[C@H](CCc1ccccc1)c1cn(Cc2ccccc2)c2ccccc12)N1CCOCC1. The van der Waals surface area contributed by atoms with Gasteiger partial charge in [0.2, 0.25) is 5.91 Å². The van der Waals surface area contributed by atoms with Crippen LogP contribution in [-0.4, -0.2) is 41.7 Å². The van der Waals surface area contributed by atoms with Crippen molar-refractivity contribution >= 4 is 16.8 Å². The number of hydrogen-bond acceptors (Lipinski definition) is 2. The Morgan fingerprint density at radius 1 is 0.824 bits per heavy atom. The minimum absolute atomic E-state index is 0.164. The number of hydrogen-bond donors (Lipinski definition) is 0. The maximum Gasteiger partial charge on any atom is 0.223 e. The summed E-state index contributed by atoms with van der Waals surface area (Å²) in [5.74, 6) is 0.402. The molecule has 0 saturated carbocycles. The molecule has 1 aliphatic rings. The number of rotatable bonds is 8. The van der Waals surface area contributed by atoms with Gasteiger partial charge >= 0.3 is 0 Å².